The molecule has 90 valence electrons. The van der Waals surface area contributed by atoms with Crippen LogP contribution in [-0.4, -0.2) is 4.98 Å². The Morgan fingerprint density at radius 3 is 2.71 bits per heavy atom. The van der Waals surface area contributed by atoms with Crippen LogP contribution >= 0.6 is 11.3 Å². The quantitative estimate of drug-likeness (QED) is 0.907. The first-order chi connectivity index (χ1) is 8.15. The van der Waals surface area contributed by atoms with Crippen LogP contribution in [0.15, 0.2) is 24.4 Å². The molecule has 1 aromatic carbocycles. The average molecular weight is 254 g/mol. The molecule has 0 atom stereocenters. The largest absolute Gasteiger partial charge is 0.308 e. The molecule has 1 heterocycles. The highest BCUT2D eigenvalue weighted by atomic mass is 32.1. The van der Waals surface area contributed by atoms with Crippen LogP contribution in [0.3, 0.4) is 0 Å². The van der Waals surface area contributed by atoms with E-state index in [-0.39, 0.29) is 0 Å². The van der Waals surface area contributed by atoms with Crippen molar-refractivity contribution in [3.05, 3.63) is 51.5 Å². The number of hydrogen-bond donors (Lipinski definition) is 1. The number of rotatable bonds is 4. The molecule has 0 spiro atoms. The molecule has 0 saturated heterocycles. The maximum absolute atomic E-state index is 12.9. The van der Waals surface area contributed by atoms with Crippen LogP contribution in [0.5, 0.6) is 0 Å². The van der Waals surface area contributed by atoms with E-state index in [2.05, 4.69) is 10.3 Å². The van der Waals surface area contributed by atoms with E-state index in [1.165, 1.54) is 6.07 Å². The highest BCUT2D eigenvalue weighted by Gasteiger charge is 2.02. The second-order valence-electron chi connectivity index (χ2n) is 3.70. The number of aromatic nitrogens is 1. The van der Waals surface area contributed by atoms with E-state index >= 15 is 0 Å². The third kappa shape index (κ3) is 3.31. The van der Waals surface area contributed by atoms with Gasteiger partial charge in [-0.3, -0.25) is 0 Å². The molecule has 0 fully saturated rings. The molecule has 0 aliphatic heterocycles. The summed E-state index contributed by atoms with van der Waals surface area (Å²) in [6, 6.07) is 3.92. The standard InChI is InChI=1S/C12H12F2N2S/c1-8-16-7-10(17-8)6-15-5-9-2-3-11(13)12(14)4-9/h2-4,7,15H,5-6H2,1H3. The number of nitrogens with one attached hydrogen (secondary N) is 1. The number of nitrogens with zero attached hydrogens (tertiary/aromatic N) is 1. The maximum Gasteiger partial charge on any atom is 0.159 e. The average Bonchev–Trinajstić information content (AvgIpc) is 2.70. The van der Waals surface area contributed by atoms with Crippen LogP contribution in [0.4, 0.5) is 8.78 Å². The lowest BCUT2D eigenvalue weighted by atomic mass is 10.2. The summed E-state index contributed by atoms with van der Waals surface area (Å²) in [6.07, 6.45) is 1.82. The number of aryl methyl sites for hydroxylation is 1. The van der Waals surface area contributed by atoms with Gasteiger partial charge in [-0.1, -0.05) is 6.07 Å². The van der Waals surface area contributed by atoms with Gasteiger partial charge in [-0.15, -0.1) is 11.3 Å². The molecular weight excluding hydrogens is 242 g/mol. The van der Waals surface area contributed by atoms with Gasteiger partial charge in [0.1, 0.15) is 0 Å². The van der Waals surface area contributed by atoms with Crippen LogP contribution in [0, 0.1) is 18.6 Å². The molecule has 1 aromatic heterocycles. The number of halogens is 2. The van der Waals surface area contributed by atoms with Crippen LogP contribution < -0.4 is 5.32 Å². The molecule has 0 radical (unpaired) electrons. The Hall–Kier alpha value is -1.33. The zero-order valence-electron chi connectivity index (χ0n) is 9.34. The summed E-state index contributed by atoms with van der Waals surface area (Å²) >= 11 is 1.62. The summed E-state index contributed by atoms with van der Waals surface area (Å²) in [4.78, 5) is 5.27. The molecular formula is C12H12F2N2S. The molecule has 0 bridgehead atoms. The van der Waals surface area contributed by atoms with Gasteiger partial charge >= 0.3 is 0 Å². The zero-order chi connectivity index (χ0) is 12.3. The van der Waals surface area contributed by atoms with Gasteiger partial charge in [0.25, 0.3) is 0 Å². The van der Waals surface area contributed by atoms with Crippen LogP contribution in [0.2, 0.25) is 0 Å². The molecule has 2 aromatic rings. The minimum atomic E-state index is -0.813. The number of hydrogen-bond acceptors (Lipinski definition) is 3. The van der Waals surface area contributed by atoms with Gasteiger partial charge in [0.2, 0.25) is 0 Å². The first-order valence-electron chi connectivity index (χ1n) is 5.21. The minimum absolute atomic E-state index is 0.508. The molecule has 0 aliphatic rings. The minimum Gasteiger partial charge on any atom is -0.308 e. The second kappa shape index (κ2) is 5.33. The molecule has 0 saturated carbocycles. The normalized spacial score (nSPS) is 10.8. The Morgan fingerprint density at radius 1 is 1.24 bits per heavy atom. The summed E-state index contributed by atoms with van der Waals surface area (Å²) < 4.78 is 25.6. The van der Waals surface area contributed by atoms with E-state index in [9.17, 15) is 8.78 Å². The first kappa shape index (κ1) is 12.1. The summed E-state index contributed by atoms with van der Waals surface area (Å²) in [5, 5.41) is 4.18. The lowest BCUT2D eigenvalue weighted by molar-refractivity contribution is 0.506. The van der Waals surface area contributed by atoms with Crippen molar-refractivity contribution >= 4 is 11.3 Å². The van der Waals surface area contributed by atoms with E-state index in [0.29, 0.717) is 13.1 Å². The smallest absolute Gasteiger partial charge is 0.159 e. The van der Waals surface area contributed by atoms with Gasteiger partial charge in [0.15, 0.2) is 11.6 Å². The third-order valence-corrected chi connectivity index (χ3v) is 3.19. The van der Waals surface area contributed by atoms with Gasteiger partial charge in [0, 0.05) is 24.2 Å². The van der Waals surface area contributed by atoms with Crippen molar-refractivity contribution in [2.75, 3.05) is 0 Å². The Bertz CT molecular complexity index is 511. The van der Waals surface area contributed by atoms with E-state index in [0.717, 1.165) is 21.5 Å². The van der Waals surface area contributed by atoms with Gasteiger partial charge in [0.05, 0.1) is 5.01 Å². The van der Waals surface area contributed by atoms with Crippen LogP contribution in [-0.2, 0) is 13.1 Å². The van der Waals surface area contributed by atoms with Crippen molar-refractivity contribution in [1.29, 1.82) is 0 Å². The fourth-order valence-electron chi connectivity index (χ4n) is 1.47. The van der Waals surface area contributed by atoms with Crippen molar-refractivity contribution in [2.45, 2.75) is 20.0 Å². The summed E-state index contributed by atoms with van der Waals surface area (Å²) in [5.74, 6) is -1.62. The van der Waals surface area contributed by atoms with Gasteiger partial charge in [-0.25, -0.2) is 13.8 Å². The van der Waals surface area contributed by atoms with Crippen molar-refractivity contribution in [2.24, 2.45) is 0 Å². The summed E-state index contributed by atoms with van der Waals surface area (Å²) in [7, 11) is 0. The summed E-state index contributed by atoms with van der Waals surface area (Å²) in [5.41, 5.74) is 0.727. The number of benzene rings is 1. The molecule has 2 rings (SSSR count). The summed E-state index contributed by atoms with van der Waals surface area (Å²) in [6.45, 7) is 3.14. The third-order valence-electron chi connectivity index (χ3n) is 2.28. The van der Waals surface area contributed by atoms with Crippen molar-refractivity contribution < 1.29 is 8.78 Å². The highest BCUT2D eigenvalue weighted by molar-refractivity contribution is 7.11. The van der Waals surface area contributed by atoms with Gasteiger partial charge < -0.3 is 5.32 Å². The molecule has 0 aliphatic carbocycles. The Labute approximate surface area is 102 Å². The van der Waals surface area contributed by atoms with Crippen molar-refractivity contribution in [3.63, 3.8) is 0 Å². The first-order valence-corrected chi connectivity index (χ1v) is 6.03. The second-order valence-corrected chi connectivity index (χ2v) is 5.02. The predicted molar refractivity (Wildman–Crippen MR) is 63.8 cm³/mol. The SMILES string of the molecule is Cc1ncc(CNCc2ccc(F)c(F)c2)s1. The molecule has 17 heavy (non-hydrogen) atoms. The van der Waals surface area contributed by atoms with E-state index in [1.807, 2.05) is 13.1 Å². The lowest BCUT2D eigenvalue weighted by Crippen LogP contribution is -2.12. The molecule has 2 nitrogen and oxygen atoms in total. The van der Waals surface area contributed by atoms with Gasteiger partial charge in [-0.05, 0) is 24.6 Å². The molecule has 0 amide bonds. The van der Waals surface area contributed by atoms with Gasteiger partial charge in [-0.2, -0.15) is 0 Å². The predicted octanol–water partition coefficient (Wildman–Crippen LogP) is 3.02. The monoisotopic (exact) mass is 254 g/mol. The van der Waals surface area contributed by atoms with Crippen LogP contribution in [0.25, 0.3) is 0 Å². The topological polar surface area (TPSA) is 24.9 Å². The van der Waals surface area contributed by atoms with E-state index < -0.39 is 11.6 Å². The molecule has 5 heteroatoms. The van der Waals surface area contributed by atoms with Crippen LogP contribution in [0.1, 0.15) is 15.4 Å². The molecule has 1 N–H and O–H groups in total. The zero-order valence-corrected chi connectivity index (χ0v) is 10.2. The van der Waals surface area contributed by atoms with Crippen molar-refractivity contribution in [1.82, 2.24) is 10.3 Å². The highest BCUT2D eigenvalue weighted by Crippen LogP contribution is 2.12. The fraction of sp³-hybridized carbons (Fsp3) is 0.250. The van der Waals surface area contributed by atoms with E-state index in [1.54, 1.807) is 17.4 Å². The Balaban J connectivity index is 1.87. The number of thiazole rings is 1. The lowest BCUT2D eigenvalue weighted by Gasteiger charge is -2.03. The molecule has 0 unspecified atom stereocenters. The van der Waals surface area contributed by atoms with Crippen molar-refractivity contribution in [3.8, 4) is 0 Å². The fourth-order valence-corrected chi connectivity index (χ4v) is 2.23. The Kier molecular flexibility index (Phi) is 3.81. The van der Waals surface area contributed by atoms with E-state index in [4.69, 9.17) is 0 Å². The Morgan fingerprint density at radius 2 is 2.06 bits per heavy atom. The maximum atomic E-state index is 12.9.